The molecule has 0 aliphatic carbocycles. The molecule has 1 heterocycles. The fourth-order valence-electron chi connectivity index (χ4n) is 2.30. The molecule has 7 heteroatoms. The molecular weight excluding hydrogens is 348 g/mol. The van der Waals surface area contributed by atoms with E-state index in [-0.39, 0.29) is 5.41 Å². The number of aliphatic imine (C=N–C) groups is 1. The minimum Gasteiger partial charge on any atom is -0.497 e. The van der Waals surface area contributed by atoms with Crippen LogP contribution in [0.25, 0.3) is 0 Å². The Bertz CT molecular complexity index is 750. The Morgan fingerprint density at radius 3 is 2.46 bits per heavy atom. The molecule has 0 aliphatic heterocycles. The monoisotopic (exact) mass is 376 g/mol. The lowest BCUT2D eigenvalue weighted by Crippen LogP contribution is -2.36. The predicted octanol–water partition coefficient (Wildman–Crippen LogP) is 3.32. The molecule has 2 rings (SSSR count). The SMILES string of the molecule is CN=C(NCc1csc(C(C)(C)C)n1)NCc1ccc(OC)cc1OC. The Balaban J connectivity index is 1.93. The summed E-state index contributed by atoms with van der Waals surface area (Å²) in [6.45, 7) is 7.74. The molecule has 1 aromatic carbocycles. The maximum Gasteiger partial charge on any atom is 0.191 e. The van der Waals surface area contributed by atoms with E-state index in [4.69, 9.17) is 14.5 Å². The van der Waals surface area contributed by atoms with E-state index in [0.717, 1.165) is 27.8 Å². The number of nitrogens with one attached hydrogen (secondary N) is 2. The van der Waals surface area contributed by atoms with E-state index in [1.807, 2.05) is 18.2 Å². The first-order valence-electron chi connectivity index (χ1n) is 8.47. The second-order valence-corrected chi connectivity index (χ2v) is 7.71. The van der Waals surface area contributed by atoms with Gasteiger partial charge in [-0.15, -0.1) is 11.3 Å². The van der Waals surface area contributed by atoms with Crippen LogP contribution < -0.4 is 20.1 Å². The van der Waals surface area contributed by atoms with Gasteiger partial charge < -0.3 is 20.1 Å². The normalized spacial score (nSPS) is 12.0. The van der Waals surface area contributed by atoms with Crippen LogP contribution in [0.2, 0.25) is 0 Å². The van der Waals surface area contributed by atoms with Gasteiger partial charge in [-0.25, -0.2) is 4.98 Å². The topological polar surface area (TPSA) is 67.8 Å². The van der Waals surface area contributed by atoms with E-state index in [1.165, 1.54) is 0 Å². The van der Waals surface area contributed by atoms with Crippen molar-refractivity contribution in [2.45, 2.75) is 39.3 Å². The van der Waals surface area contributed by atoms with Crippen LogP contribution in [0, 0.1) is 0 Å². The average Bonchev–Trinajstić information content (AvgIpc) is 3.11. The average molecular weight is 377 g/mol. The van der Waals surface area contributed by atoms with Crippen molar-refractivity contribution in [3.63, 3.8) is 0 Å². The molecule has 0 amide bonds. The third-order valence-corrected chi connectivity index (χ3v) is 5.11. The number of rotatable bonds is 6. The molecule has 6 nitrogen and oxygen atoms in total. The zero-order chi connectivity index (χ0) is 19.2. The van der Waals surface area contributed by atoms with Gasteiger partial charge in [-0.3, -0.25) is 4.99 Å². The van der Waals surface area contributed by atoms with Crippen LogP contribution in [0.5, 0.6) is 11.5 Å². The molecule has 0 unspecified atom stereocenters. The van der Waals surface area contributed by atoms with Gasteiger partial charge in [-0.2, -0.15) is 0 Å². The van der Waals surface area contributed by atoms with Crippen molar-refractivity contribution >= 4 is 17.3 Å². The van der Waals surface area contributed by atoms with Crippen molar-refractivity contribution < 1.29 is 9.47 Å². The van der Waals surface area contributed by atoms with Gasteiger partial charge in [0, 0.05) is 36.0 Å². The third-order valence-electron chi connectivity index (χ3n) is 3.79. The molecule has 0 aliphatic rings. The Hall–Kier alpha value is -2.28. The van der Waals surface area contributed by atoms with Crippen molar-refractivity contribution in [2.24, 2.45) is 4.99 Å². The summed E-state index contributed by atoms with van der Waals surface area (Å²) < 4.78 is 10.7. The fraction of sp³-hybridized carbons (Fsp3) is 0.474. The number of benzene rings is 1. The molecule has 0 bridgehead atoms. The smallest absolute Gasteiger partial charge is 0.191 e. The van der Waals surface area contributed by atoms with Crippen molar-refractivity contribution in [2.75, 3.05) is 21.3 Å². The molecular formula is C19H28N4O2S. The van der Waals surface area contributed by atoms with E-state index in [1.54, 1.807) is 32.6 Å². The Morgan fingerprint density at radius 2 is 1.88 bits per heavy atom. The molecule has 0 radical (unpaired) electrons. The summed E-state index contributed by atoms with van der Waals surface area (Å²) in [5.41, 5.74) is 2.12. The van der Waals surface area contributed by atoms with Crippen molar-refractivity contribution in [1.82, 2.24) is 15.6 Å². The number of ether oxygens (including phenoxy) is 2. The quantitative estimate of drug-likeness (QED) is 0.598. The van der Waals surface area contributed by atoms with Gasteiger partial charge in [-0.05, 0) is 12.1 Å². The van der Waals surface area contributed by atoms with Crippen LogP contribution in [0.3, 0.4) is 0 Å². The number of nitrogens with zero attached hydrogens (tertiary/aromatic N) is 2. The molecule has 26 heavy (non-hydrogen) atoms. The number of hydrogen-bond acceptors (Lipinski definition) is 5. The highest BCUT2D eigenvalue weighted by atomic mass is 32.1. The number of aromatic nitrogens is 1. The molecule has 0 spiro atoms. The Kier molecular flexibility index (Phi) is 6.85. The van der Waals surface area contributed by atoms with Crippen LogP contribution in [0.15, 0.2) is 28.6 Å². The van der Waals surface area contributed by atoms with Crippen LogP contribution in [0.4, 0.5) is 0 Å². The number of methoxy groups -OCH3 is 2. The van der Waals surface area contributed by atoms with Crippen molar-refractivity contribution in [3.8, 4) is 11.5 Å². The maximum atomic E-state index is 5.43. The maximum absolute atomic E-state index is 5.43. The molecule has 1 aromatic heterocycles. The van der Waals surface area contributed by atoms with E-state index in [0.29, 0.717) is 19.0 Å². The minimum absolute atomic E-state index is 0.0771. The highest BCUT2D eigenvalue weighted by Crippen LogP contribution is 2.26. The summed E-state index contributed by atoms with van der Waals surface area (Å²) in [6.07, 6.45) is 0. The summed E-state index contributed by atoms with van der Waals surface area (Å²) >= 11 is 1.69. The molecule has 0 atom stereocenters. The summed E-state index contributed by atoms with van der Waals surface area (Å²) in [7, 11) is 5.05. The van der Waals surface area contributed by atoms with Crippen LogP contribution in [0.1, 0.15) is 37.0 Å². The Morgan fingerprint density at radius 1 is 1.15 bits per heavy atom. The molecule has 0 fully saturated rings. The minimum atomic E-state index is 0.0771. The highest BCUT2D eigenvalue weighted by Gasteiger charge is 2.17. The van der Waals surface area contributed by atoms with Gasteiger partial charge in [0.05, 0.1) is 31.5 Å². The number of guanidine groups is 1. The van der Waals surface area contributed by atoms with Crippen LogP contribution >= 0.6 is 11.3 Å². The van der Waals surface area contributed by atoms with E-state index >= 15 is 0 Å². The molecule has 2 N–H and O–H groups in total. The summed E-state index contributed by atoms with van der Waals surface area (Å²) in [5, 5.41) is 9.83. The fourth-order valence-corrected chi connectivity index (χ4v) is 3.21. The van der Waals surface area contributed by atoms with Crippen molar-refractivity contribution in [3.05, 3.63) is 39.8 Å². The van der Waals surface area contributed by atoms with Crippen LogP contribution in [-0.2, 0) is 18.5 Å². The molecule has 0 saturated carbocycles. The summed E-state index contributed by atoms with van der Waals surface area (Å²) in [5.74, 6) is 2.26. The van der Waals surface area contributed by atoms with Crippen molar-refractivity contribution in [1.29, 1.82) is 0 Å². The standard InChI is InChI=1S/C19H28N4O2S/c1-19(2,3)17-23-14(12-26-17)11-22-18(20-4)21-10-13-7-8-15(24-5)9-16(13)25-6/h7-9,12H,10-11H2,1-6H3,(H2,20,21,22). The molecule has 0 saturated heterocycles. The first-order valence-corrected chi connectivity index (χ1v) is 9.35. The zero-order valence-electron chi connectivity index (χ0n) is 16.3. The first kappa shape index (κ1) is 20.0. The predicted molar refractivity (Wildman–Crippen MR) is 107 cm³/mol. The lowest BCUT2D eigenvalue weighted by Gasteiger charge is -2.15. The van der Waals surface area contributed by atoms with Gasteiger partial charge in [0.25, 0.3) is 0 Å². The first-order chi connectivity index (χ1) is 12.4. The molecule has 2 aromatic rings. The van der Waals surface area contributed by atoms with Gasteiger partial charge in [-0.1, -0.05) is 20.8 Å². The van der Waals surface area contributed by atoms with Gasteiger partial charge in [0.1, 0.15) is 11.5 Å². The lowest BCUT2D eigenvalue weighted by atomic mass is 9.98. The van der Waals surface area contributed by atoms with Gasteiger partial charge >= 0.3 is 0 Å². The second kappa shape index (κ2) is 8.89. The number of hydrogen-bond donors (Lipinski definition) is 2. The summed E-state index contributed by atoms with van der Waals surface area (Å²) in [6, 6.07) is 5.77. The highest BCUT2D eigenvalue weighted by molar-refractivity contribution is 7.09. The van der Waals surface area contributed by atoms with E-state index in [9.17, 15) is 0 Å². The zero-order valence-corrected chi connectivity index (χ0v) is 17.2. The van der Waals surface area contributed by atoms with Gasteiger partial charge in [0.2, 0.25) is 0 Å². The second-order valence-electron chi connectivity index (χ2n) is 6.85. The van der Waals surface area contributed by atoms with E-state index in [2.05, 4.69) is 41.8 Å². The number of thiazole rings is 1. The Labute approximate surface area is 159 Å². The molecule has 142 valence electrons. The van der Waals surface area contributed by atoms with Crippen LogP contribution in [-0.4, -0.2) is 32.2 Å². The third kappa shape index (κ3) is 5.36. The van der Waals surface area contributed by atoms with Gasteiger partial charge in [0.15, 0.2) is 5.96 Å². The summed E-state index contributed by atoms with van der Waals surface area (Å²) in [4.78, 5) is 8.96. The lowest BCUT2D eigenvalue weighted by molar-refractivity contribution is 0.390. The van der Waals surface area contributed by atoms with E-state index < -0.39 is 0 Å². The largest absolute Gasteiger partial charge is 0.497 e.